The fraction of sp³-hybridized carbons (Fsp3) is 0.208. The van der Waals surface area contributed by atoms with E-state index in [1.165, 1.54) is 24.3 Å². The number of benzene rings is 3. The lowest BCUT2D eigenvalue weighted by atomic mass is 10.1. The molecule has 0 bridgehead atoms. The van der Waals surface area contributed by atoms with E-state index < -0.39 is 33.1 Å². The lowest BCUT2D eigenvalue weighted by Crippen LogP contribution is -2.26. The molecular formula is C24H21ClFNO7S. The van der Waals surface area contributed by atoms with Gasteiger partial charge in [0.1, 0.15) is 17.6 Å². The quantitative estimate of drug-likeness (QED) is 0.412. The molecule has 1 aliphatic rings. The van der Waals surface area contributed by atoms with E-state index in [1.54, 1.807) is 24.3 Å². The summed E-state index contributed by atoms with van der Waals surface area (Å²) < 4.78 is 59.1. The van der Waals surface area contributed by atoms with Crippen LogP contribution in [-0.4, -0.2) is 38.8 Å². The highest BCUT2D eigenvalue weighted by Crippen LogP contribution is 2.32. The van der Waals surface area contributed by atoms with Crippen molar-refractivity contribution < 1.29 is 36.9 Å². The summed E-state index contributed by atoms with van der Waals surface area (Å²) in [5.74, 6) is -1.86. The number of carboxylic acids is 1. The van der Waals surface area contributed by atoms with Crippen LogP contribution in [-0.2, 0) is 14.8 Å². The summed E-state index contributed by atoms with van der Waals surface area (Å²) in [6, 6.07) is 13.9. The van der Waals surface area contributed by atoms with Crippen LogP contribution in [0, 0.1) is 5.82 Å². The number of nitrogens with one attached hydrogen (secondary N) is 1. The van der Waals surface area contributed by atoms with E-state index >= 15 is 0 Å². The van der Waals surface area contributed by atoms with Crippen LogP contribution < -0.4 is 14.2 Å². The van der Waals surface area contributed by atoms with Gasteiger partial charge < -0.3 is 19.3 Å². The van der Waals surface area contributed by atoms with Gasteiger partial charge in [0.05, 0.1) is 34.4 Å². The summed E-state index contributed by atoms with van der Waals surface area (Å²) in [4.78, 5) is 11.6. The van der Waals surface area contributed by atoms with Gasteiger partial charge in [-0.1, -0.05) is 23.7 Å². The Morgan fingerprint density at radius 1 is 1.06 bits per heavy atom. The van der Waals surface area contributed by atoms with Gasteiger partial charge >= 0.3 is 5.97 Å². The molecule has 8 nitrogen and oxygen atoms in total. The van der Waals surface area contributed by atoms with Crippen molar-refractivity contribution in [1.29, 1.82) is 0 Å². The first-order chi connectivity index (χ1) is 16.7. The summed E-state index contributed by atoms with van der Waals surface area (Å²) in [5.41, 5.74) is -0.874. The molecule has 0 radical (unpaired) electrons. The minimum absolute atomic E-state index is 0.178. The number of hydrogen-bond acceptors (Lipinski definition) is 6. The first-order valence-corrected chi connectivity index (χ1v) is 12.5. The van der Waals surface area contributed by atoms with Gasteiger partial charge in [0.25, 0.3) is 10.0 Å². The molecule has 11 heteroatoms. The monoisotopic (exact) mass is 521 g/mol. The highest BCUT2D eigenvalue weighted by Gasteiger charge is 2.24. The van der Waals surface area contributed by atoms with Gasteiger partial charge in [-0.2, -0.15) is 0 Å². The number of para-hydroxylation sites is 1. The van der Waals surface area contributed by atoms with Crippen LogP contribution in [0.4, 0.5) is 10.1 Å². The van der Waals surface area contributed by atoms with Crippen LogP contribution >= 0.6 is 11.6 Å². The van der Waals surface area contributed by atoms with E-state index in [9.17, 15) is 22.7 Å². The predicted molar refractivity (Wildman–Crippen MR) is 127 cm³/mol. The molecule has 1 heterocycles. The van der Waals surface area contributed by atoms with Gasteiger partial charge in [0, 0.05) is 18.9 Å². The van der Waals surface area contributed by atoms with Crippen LogP contribution in [0.25, 0.3) is 0 Å². The van der Waals surface area contributed by atoms with E-state index in [-0.39, 0.29) is 16.7 Å². The first-order valence-electron chi connectivity index (χ1n) is 10.6. The Kier molecular flexibility index (Phi) is 7.44. The van der Waals surface area contributed by atoms with Crippen LogP contribution in [0.1, 0.15) is 23.2 Å². The van der Waals surface area contributed by atoms with Crippen LogP contribution in [0.3, 0.4) is 0 Å². The minimum atomic E-state index is -4.24. The minimum Gasteiger partial charge on any atom is -0.487 e. The van der Waals surface area contributed by atoms with E-state index in [0.717, 1.165) is 12.1 Å². The zero-order valence-electron chi connectivity index (χ0n) is 18.2. The molecule has 2 N–H and O–H groups in total. The van der Waals surface area contributed by atoms with Gasteiger partial charge in [-0.05, 0) is 42.5 Å². The number of ether oxygens (including phenoxy) is 3. The summed E-state index contributed by atoms with van der Waals surface area (Å²) in [6.07, 6.45) is 0.743. The smallest absolute Gasteiger partial charge is 0.337 e. The van der Waals surface area contributed by atoms with Gasteiger partial charge in [-0.3, -0.25) is 4.72 Å². The molecule has 35 heavy (non-hydrogen) atoms. The van der Waals surface area contributed by atoms with Crippen LogP contribution in [0.5, 0.6) is 17.2 Å². The van der Waals surface area contributed by atoms with Gasteiger partial charge in [0.2, 0.25) is 0 Å². The second-order valence-electron chi connectivity index (χ2n) is 7.67. The maximum atomic E-state index is 14.7. The summed E-state index contributed by atoms with van der Waals surface area (Å²) >= 11 is 6.06. The Labute approximate surface area is 206 Å². The molecule has 1 saturated heterocycles. The summed E-state index contributed by atoms with van der Waals surface area (Å²) in [6.45, 7) is 0.913. The van der Waals surface area contributed by atoms with Crippen molar-refractivity contribution in [2.75, 3.05) is 17.9 Å². The molecule has 0 aliphatic carbocycles. The Bertz CT molecular complexity index is 1330. The van der Waals surface area contributed by atoms with E-state index in [4.69, 9.17) is 25.8 Å². The van der Waals surface area contributed by atoms with Crippen molar-refractivity contribution >= 4 is 33.3 Å². The Morgan fingerprint density at radius 3 is 2.40 bits per heavy atom. The molecule has 0 unspecified atom stereocenters. The number of hydrogen-bond donors (Lipinski definition) is 2. The third kappa shape index (κ3) is 6.02. The van der Waals surface area contributed by atoms with Crippen molar-refractivity contribution in [1.82, 2.24) is 0 Å². The Balaban J connectivity index is 1.54. The van der Waals surface area contributed by atoms with Gasteiger partial charge in [-0.15, -0.1) is 0 Å². The number of halogens is 2. The molecule has 0 aromatic heterocycles. The topological polar surface area (TPSA) is 111 Å². The Hall–Kier alpha value is -3.34. The highest BCUT2D eigenvalue weighted by atomic mass is 35.5. The standard InChI is InChI=1S/C24H21ClFNO7S/c25-19-3-1-2-4-22(19)33-15-5-7-17(8-6-15)35(30,31)27-21-14-20(26)23(13-18(21)24(28)29)34-16-9-11-32-12-10-16/h1-8,13-14,16,27H,9-12H2,(H,28,29). The van der Waals surface area contributed by atoms with Crippen molar-refractivity contribution in [2.24, 2.45) is 0 Å². The normalized spacial score (nSPS) is 14.3. The second-order valence-corrected chi connectivity index (χ2v) is 9.76. The number of carbonyl (C=O) groups is 1. The summed E-state index contributed by atoms with van der Waals surface area (Å²) in [5, 5.41) is 9.98. The maximum absolute atomic E-state index is 14.7. The number of aromatic carboxylic acids is 1. The van der Waals surface area contributed by atoms with Crippen molar-refractivity contribution in [3.8, 4) is 17.2 Å². The number of anilines is 1. The van der Waals surface area contributed by atoms with Crippen LogP contribution in [0.15, 0.2) is 65.6 Å². The molecule has 4 rings (SSSR count). The zero-order chi connectivity index (χ0) is 25.0. The third-order valence-electron chi connectivity index (χ3n) is 5.21. The molecule has 3 aromatic carbocycles. The van der Waals surface area contributed by atoms with E-state index in [0.29, 0.717) is 42.6 Å². The van der Waals surface area contributed by atoms with Crippen LogP contribution in [0.2, 0.25) is 5.02 Å². The van der Waals surface area contributed by atoms with Gasteiger partial charge in [0.15, 0.2) is 11.6 Å². The maximum Gasteiger partial charge on any atom is 0.337 e. The molecule has 1 fully saturated rings. The van der Waals surface area contributed by atoms with Crippen molar-refractivity contribution in [3.05, 3.63) is 77.1 Å². The fourth-order valence-corrected chi connectivity index (χ4v) is 4.67. The molecule has 0 saturated carbocycles. The third-order valence-corrected chi connectivity index (χ3v) is 6.90. The molecule has 0 amide bonds. The first kappa shape index (κ1) is 24.8. The molecule has 184 valence electrons. The average molecular weight is 522 g/mol. The molecule has 0 atom stereocenters. The predicted octanol–water partition coefficient (Wildman–Crippen LogP) is 5.33. The van der Waals surface area contributed by atoms with Gasteiger partial charge in [-0.25, -0.2) is 17.6 Å². The largest absolute Gasteiger partial charge is 0.487 e. The van der Waals surface area contributed by atoms with Crippen molar-refractivity contribution in [2.45, 2.75) is 23.8 Å². The molecular weight excluding hydrogens is 501 g/mol. The molecule has 1 aliphatic heterocycles. The Morgan fingerprint density at radius 2 is 1.74 bits per heavy atom. The number of carboxylic acid groups (broad SMARTS) is 1. The lowest BCUT2D eigenvalue weighted by molar-refractivity contribution is 0.0239. The molecule has 3 aromatic rings. The SMILES string of the molecule is O=C(O)c1cc(OC2CCOCC2)c(F)cc1NS(=O)(=O)c1ccc(Oc2ccccc2Cl)cc1. The second kappa shape index (κ2) is 10.5. The lowest BCUT2D eigenvalue weighted by Gasteiger charge is -2.24. The fourth-order valence-electron chi connectivity index (χ4n) is 3.42. The number of sulfonamides is 1. The van der Waals surface area contributed by atoms with Crippen molar-refractivity contribution in [3.63, 3.8) is 0 Å². The van der Waals surface area contributed by atoms with E-state index in [1.807, 2.05) is 0 Å². The number of rotatable bonds is 8. The zero-order valence-corrected chi connectivity index (χ0v) is 19.8. The summed E-state index contributed by atoms with van der Waals surface area (Å²) in [7, 11) is -4.24. The highest BCUT2D eigenvalue weighted by molar-refractivity contribution is 7.92. The van der Waals surface area contributed by atoms with E-state index in [2.05, 4.69) is 4.72 Å². The molecule has 0 spiro atoms. The average Bonchev–Trinajstić information content (AvgIpc) is 2.83.